The number of fused-ring (bicyclic) bond motifs is 1. The molecule has 0 aromatic carbocycles. The second-order valence-corrected chi connectivity index (χ2v) is 7.59. The minimum atomic E-state index is 0.178. The number of rotatable bonds is 4. The normalized spacial score (nSPS) is 16.3. The summed E-state index contributed by atoms with van der Waals surface area (Å²) in [7, 11) is 0. The van der Waals surface area contributed by atoms with Crippen LogP contribution in [0.3, 0.4) is 0 Å². The predicted octanol–water partition coefficient (Wildman–Crippen LogP) is 4.59. The molecular formula is C14H16BrNOS2. The summed E-state index contributed by atoms with van der Waals surface area (Å²) in [4.78, 5) is 2.93. The number of hydrogen-bond donors (Lipinski definition) is 1. The van der Waals surface area contributed by atoms with E-state index >= 15 is 0 Å². The van der Waals surface area contributed by atoms with Crippen molar-refractivity contribution in [1.82, 2.24) is 5.32 Å². The fourth-order valence-corrected chi connectivity index (χ4v) is 5.12. The maximum absolute atomic E-state index is 5.74. The Bertz CT molecular complexity index is 540. The van der Waals surface area contributed by atoms with Gasteiger partial charge in [0.25, 0.3) is 0 Å². The summed E-state index contributed by atoms with van der Waals surface area (Å²) in [5.41, 5.74) is 1.52. The maximum atomic E-state index is 5.74. The second-order valence-electron chi connectivity index (χ2n) is 4.53. The second kappa shape index (κ2) is 6.04. The van der Waals surface area contributed by atoms with Gasteiger partial charge in [0.1, 0.15) is 11.8 Å². The number of thioether (sulfide) groups is 1. The number of aryl methyl sites for hydroxylation is 1. The van der Waals surface area contributed by atoms with Crippen molar-refractivity contribution in [3.63, 3.8) is 0 Å². The molecule has 1 atom stereocenters. The molecule has 0 aliphatic carbocycles. The van der Waals surface area contributed by atoms with E-state index in [1.54, 1.807) is 4.88 Å². The van der Waals surface area contributed by atoms with Gasteiger partial charge in [-0.15, -0.1) is 11.3 Å². The Balaban J connectivity index is 1.93. The molecule has 2 nitrogen and oxygen atoms in total. The Morgan fingerprint density at radius 1 is 1.47 bits per heavy atom. The first-order valence-electron chi connectivity index (χ1n) is 6.45. The van der Waals surface area contributed by atoms with Crippen LogP contribution in [-0.2, 0) is 12.2 Å². The van der Waals surface area contributed by atoms with Gasteiger partial charge in [-0.3, -0.25) is 0 Å². The van der Waals surface area contributed by atoms with Crippen LogP contribution >= 0.6 is 39.0 Å². The third-order valence-corrected chi connectivity index (χ3v) is 5.95. The molecule has 1 aliphatic rings. The lowest BCUT2D eigenvalue weighted by Gasteiger charge is -2.13. The van der Waals surface area contributed by atoms with Crippen LogP contribution in [-0.4, -0.2) is 12.3 Å². The maximum Gasteiger partial charge on any atom is 0.169 e. The molecule has 102 valence electrons. The molecule has 2 aromatic heterocycles. The highest BCUT2D eigenvalue weighted by Gasteiger charge is 2.22. The quantitative estimate of drug-likeness (QED) is 0.865. The fourth-order valence-electron chi connectivity index (χ4n) is 2.34. The van der Waals surface area contributed by atoms with E-state index < -0.39 is 0 Å². The number of thiophene rings is 1. The first-order chi connectivity index (χ1) is 9.28. The highest BCUT2D eigenvalue weighted by molar-refractivity contribution is 9.10. The van der Waals surface area contributed by atoms with Crippen molar-refractivity contribution in [2.24, 2.45) is 0 Å². The molecule has 5 heteroatoms. The van der Waals surface area contributed by atoms with Gasteiger partial charge >= 0.3 is 0 Å². The Morgan fingerprint density at radius 2 is 2.37 bits per heavy atom. The highest BCUT2D eigenvalue weighted by atomic mass is 79.9. The first kappa shape index (κ1) is 13.7. The Hall–Kier alpha value is -0.230. The van der Waals surface area contributed by atoms with E-state index in [1.165, 1.54) is 22.6 Å². The van der Waals surface area contributed by atoms with Crippen molar-refractivity contribution in [3.05, 3.63) is 43.9 Å². The zero-order valence-electron chi connectivity index (χ0n) is 10.7. The summed E-state index contributed by atoms with van der Waals surface area (Å²) >= 11 is 7.35. The van der Waals surface area contributed by atoms with Gasteiger partial charge in [0, 0.05) is 15.5 Å². The molecule has 0 spiro atoms. The topological polar surface area (TPSA) is 25.2 Å². The van der Waals surface area contributed by atoms with E-state index in [4.69, 9.17) is 4.42 Å². The van der Waals surface area contributed by atoms with Crippen LogP contribution in [0.15, 0.2) is 27.3 Å². The van der Waals surface area contributed by atoms with E-state index in [1.807, 2.05) is 35.2 Å². The lowest BCUT2D eigenvalue weighted by atomic mass is 10.1. The summed E-state index contributed by atoms with van der Waals surface area (Å²) in [6.45, 7) is 3.06. The number of furan rings is 1. The van der Waals surface area contributed by atoms with Crippen molar-refractivity contribution in [3.8, 4) is 0 Å². The molecular weight excluding hydrogens is 342 g/mol. The molecule has 0 bridgehead atoms. The number of halogens is 1. The molecule has 2 aromatic rings. The lowest BCUT2D eigenvalue weighted by Crippen LogP contribution is -2.20. The molecule has 1 unspecified atom stereocenters. The van der Waals surface area contributed by atoms with Gasteiger partial charge in [0.2, 0.25) is 0 Å². The molecule has 3 rings (SSSR count). The summed E-state index contributed by atoms with van der Waals surface area (Å²) in [5.74, 6) is 3.40. The Morgan fingerprint density at radius 3 is 3.05 bits per heavy atom. The minimum Gasteiger partial charge on any atom is -0.452 e. The van der Waals surface area contributed by atoms with Gasteiger partial charge in [0.05, 0.1) is 0 Å². The van der Waals surface area contributed by atoms with Crippen molar-refractivity contribution in [2.45, 2.75) is 25.1 Å². The van der Waals surface area contributed by atoms with Crippen LogP contribution in [0.4, 0.5) is 0 Å². The van der Waals surface area contributed by atoms with Crippen LogP contribution < -0.4 is 5.32 Å². The predicted molar refractivity (Wildman–Crippen MR) is 86.1 cm³/mol. The van der Waals surface area contributed by atoms with E-state index in [-0.39, 0.29) is 6.04 Å². The largest absolute Gasteiger partial charge is 0.452 e. The molecule has 3 heterocycles. The zero-order valence-corrected chi connectivity index (χ0v) is 14.0. The zero-order chi connectivity index (χ0) is 13.2. The van der Waals surface area contributed by atoms with Crippen LogP contribution in [0.5, 0.6) is 0 Å². The van der Waals surface area contributed by atoms with Crippen molar-refractivity contribution in [2.75, 3.05) is 12.3 Å². The average Bonchev–Trinajstić information content (AvgIpc) is 3.01. The van der Waals surface area contributed by atoms with Crippen LogP contribution in [0.1, 0.15) is 34.0 Å². The summed E-state index contributed by atoms with van der Waals surface area (Å²) in [5, 5.41) is 3.53. The average molecular weight is 358 g/mol. The minimum absolute atomic E-state index is 0.178. The van der Waals surface area contributed by atoms with E-state index in [9.17, 15) is 0 Å². The SMILES string of the molecule is CCNC(c1ccc(Br)o1)c1cc2c(s1)CCSC2. The molecule has 1 aliphatic heterocycles. The number of nitrogens with one attached hydrogen (secondary N) is 1. The van der Waals surface area contributed by atoms with Crippen molar-refractivity contribution < 1.29 is 4.42 Å². The van der Waals surface area contributed by atoms with Gasteiger partial charge in [-0.1, -0.05) is 6.92 Å². The van der Waals surface area contributed by atoms with Gasteiger partial charge in [0.15, 0.2) is 4.67 Å². The number of hydrogen-bond acceptors (Lipinski definition) is 4. The third kappa shape index (κ3) is 2.94. The molecule has 0 saturated carbocycles. The van der Waals surface area contributed by atoms with Crippen LogP contribution in [0.2, 0.25) is 0 Å². The van der Waals surface area contributed by atoms with Gasteiger partial charge in [-0.25, -0.2) is 0 Å². The van der Waals surface area contributed by atoms with Gasteiger partial charge in [-0.2, -0.15) is 11.8 Å². The molecule has 0 fully saturated rings. The Labute approximate surface area is 130 Å². The molecule has 0 amide bonds. The smallest absolute Gasteiger partial charge is 0.169 e. The fraction of sp³-hybridized carbons (Fsp3) is 0.429. The van der Waals surface area contributed by atoms with Crippen LogP contribution in [0.25, 0.3) is 0 Å². The summed E-state index contributed by atoms with van der Waals surface area (Å²) in [6.07, 6.45) is 1.21. The Kier molecular flexibility index (Phi) is 4.37. The third-order valence-electron chi connectivity index (χ3n) is 3.22. The van der Waals surface area contributed by atoms with Crippen molar-refractivity contribution in [1.29, 1.82) is 0 Å². The van der Waals surface area contributed by atoms with Crippen molar-refractivity contribution >= 4 is 39.0 Å². The monoisotopic (exact) mass is 357 g/mol. The standard InChI is InChI=1S/C14H16BrNOS2/c1-2-16-14(10-3-4-13(15)17-10)12-7-9-8-18-6-5-11(9)19-12/h3-4,7,14,16H,2,5-6,8H2,1H3. The molecule has 0 radical (unpaired) electrons. The van der Waals surface area contributed by atoms with E-state index in [2.05, 4.69) is 34.2 Å². The first-order valence-corrected chi connectivity index (χ1v) is 9.22. The van der Waals surface area contributed by atoms with Gasteiger partial charge in [-0.05, 0) is 58.4 Å². The summed E-state index contributed by atoms with van der Waals surface area (Å²) < 4.78 is 6.53. The lowest BCUT2D eigenvalue weighted by molar-refractivity contribution is 0.440. The summed E-state index contributed by atoms with van der Waals surface area (Å²) in [6, 6.07) is 6.54. The van der Waals surface area contributed by atoms with E-state index in [0.717, 1.165) is 22.7 Å². The molecule has 19 heavy (non-hydrogen) atoms. The molecule has 0 saturated heterocycles. The van der Waals surface area contributed by atoms with E-state index in [0.29, 0.717) is 0 Å². The van der Waals surface area contributed by atoms with Gasteiger partial charge < -0.3 is 9.73 Å². The van der Waals surface area contributed by atoms with Crippen LogP contribution in [0, 0.1) is 0 Å². The molecule has 1 N–H and O–H groups in total. The highest BCUT2D eigenvalue weighted by Crippen LogP contribution is 2.37.